The topological polar surface area (TPSA) is 27.0 Å². The van der Waals surface area contributed by atoms with E-state index in [1.807, 2.05) is 25.2 Å². The highest BCUT2D eigenvalue weighted by Crippen LogP contribution is 2.24. The van der Waals surface area contributed by atoms with Crippen molar-refractivity contribution in [3.05, 3.63) is 29.3 Å². The number of hydrogen-bond acceptors (Lipinski definition) is 2. The van der Waals surface area contributed by atoms with Crippen molar-refractivity contribution < 1.29 is 0 Å². The minimum atomic E-state index is 0.201. The van der Waals surface area contributed by atoms with Gasteiger partial charge in [-0.25, -0.2) is 0 Å². The molecule has 1 aromatic rings. The third-order valence-corrected chi connectivity index (χ3v) is 2.77. The van der Waals surface area contributed by atoms with E-state index < -0.39 is 0 Å². The number of benzene rings is 1. The fourth-order valence-electron chi connectivity index (χ4n) is 1.89. The Labute approximate surface area is 109 Å². The van der Waals surface area contributed by atoms with Gasteiger partial charge in [0.15, 0.2) is 0 Å². The minimum absolute atomic E-state index is 0.201. The van der Waals surface area contributed by atoms with Crippen molar-refractivity contribution in [1.29, 1.82) is 5.26 Å². The minimum Gasteiger partial charge on any atom is -0.373 e. The maximum Gasteiger partial charge on any atom is 0.101 e. The fourth-order valence-corrected chi connectivity index (χ4v) is 2.05. The van der Waals surface area contributed by atoms with E-state index in [4.69, 9.17) is 16.9 Å². The number of halogens is 1. The average Bonchev–Trinajstić information content (AvgIpc) is 2.25. The lowest BCUT2D eigenvalue weighted by atomic mass is 9.95. The smallest absolute Gasteiger partial charge is 0.101 e. The van der Waals surface area contributed by atoms with Gasteiger partial charge in [0.25, 0.3) is 0 Å². The maximum atomic E-state index is 9.17. The van der Waals surface area contributed by atoms with Crippen LogP contribution in [0, 0.1) is 16.7 Å². The predicted molar refractivity (Wildman–Crippen MR) is 73.4 cm³/mol. The molecule has 0 heterocycles. The Morgan fingerprint density at radius 3 is 2.47 bits per heavy atom. The van der Waals surface area contributed by atoms with E-state index in [-0.39, 0.29) is 5.41 Å². The summed E-state index contributed by atoms with van der Waals surface area (Å²) in [6.07, 6.45) is 0. The monoisotopic (exact) mass is 250 g/mol. The molecular formula is C14H19ClN2. The summed E-state index contributed by atoms with van der Waals surface area (Å²) >= 11 is 5.77. The van der Waals surface area contributed by atoms with Crippen LogP contribution in [-0.4, -0.2) is 13.6 Å². The second-order valence-electron chi connectivity index (χ2n) is 5.51. The zero-order chi connectivity index (χ0) is 13.1. The molecule has 0 aliphatic rings. The SMILES string of the molecule is CN(CC(C)(C)C)c1ccc(CCl)cc1C#N. The molecule has 1 aromatic carbocycles. The van der Waals surface area contributed by atoms with E-state index in [0.717, 1.165) is 17.8 Å². The molecule has 0 amide bonds. The predicted octanol–water partition coefficient (Wildman–Crippen LogP) is 3.78. The van der Waals surface area contributed by atoms with Gasteiger partial charge >= 0.3 is 0 Å². The summed E-state index contributed by atoms with van der Waals surface area (Å²) < 4.78 is 0. The zero-order valence-electron chi connectivity index (χ0n) is 10.9. The highest BCUT2D eigenvalue weighted by atomic mass is 35.5. The molecule has 0 spiro atoms. The first-order chi connectivity index (χ1) is 7.87. The van der Waals surface area contributed by atoms with Crippen molar-refractivity contribution in [1.82, 2.24) is 0 Å². The summed E-state index contributed by atoms with van der Waals surface area (Å²) in [6.45, 7) is 7.45. The molecular weight excluding hydrogens is 232 g/mol. The Balaban J connectivity index is 3.02. The second-order valence-corrected chi connectivity index (χ2v) is 5.78. The fraction of sp³-hybridized carbons (Fsp3) is 0.500. The van der Waals surface area contributed by atoms with Gasteiger partial charge in [-0.15, -0.1) is 11.6 Å². The van der Waals surface area contributed by atoms with Gasteiger partial charge in [-0.2, -0.15) is 5.26 Å². The molecule has 0 N–H and O–H groups in total. The van der Waals surface area contributed by atoms with Crippen LogP contribution in [0.2, 0.25) is 0 Å². The van der Waals surface area contributed by atoms with E-state index in [0.29, 0.717) is 11.4 Å². The Kier molecular flexibility index (Phi) is 4.42. The van der Waals surface area contributed by atoms with Crippen LogP contribution in [-0.2, 0) is 5.88 Å². The Hall–Kier alpha value is -1.20. The summed E-state index contributed by atoms with van der Waals surface area (Å²) in [7, 11) is 2.02. The van der Waals surface area contributed by atoms with Crippen LogP contribution in [0.4, 0.5) is 5.69 Å². The van der Waals surface area contributed by atoms with Crippen LogP contribution >= 0.6 is 11.6 Å². The molecule has 0 aromatic heterocycles. The van der Waals surface area contributed by atoms with Gasteiger partial charge in [0, 0.05) is 19.5 Å². The summed E-state index contributed by atoms with van der Waals surface area (Å²) in [6, 6.07) is 8.05. The maximum absolute atomic E-state index is 9.17. The largest absolute Gasteiger partial charge is 0.373 e. The first kappa shape index (κ1) is 13.9. The molecule has 0 fully saturated rings. The summed E-state index contributed by atoms with van der Waals surface area (Å²) in [4.78, 5) is 2.12. The van der Waals surface area contributed by atoms with Gasteiger partial charge in [-0.05, 0) is 23.1 Å². The molecule has 92 valence electrons. The van der Waals surface area contributed by atoms with Crippen LogP contribution in [0.1, 0.15) is 31.9 Å². The third-order valence-electron chi connectivity index (χ3n) is 2.46. The highest BCUT2D eigenvalue weighted by Gasteiger charge is 2.16. The molecule has 2 nitrogen and oxygen atoms in total. The standard InChI is InChI=1S/C14H19ClN2/c1-14(2,3)10-17(4)13-6-5-11(8-15)7-12(13)9-16/h5-7H,8,10H2,1-4H3. The molecule has 17 heavy (non-hydrogen) atoms. The van der Waals surface area contributed by atoms with Crippen LogP contribution in [0.3, 0.4) is 0 Å². The average molecular weight is 251 g/mol. The van der Waals surface area contributed by atoms with Crippen LogP contribution in [0.5, 0.6) is 0 Å². The van der Waals surface area contributed by atoms with Crippen LogP contribution < -0.4 is 4.90 Å². The van der Waals surface area contributed by atoms with Crippen LogP contribution in [0.25, 0.3) is 0 Å². The normalized spacial score (nSPS) is 11.1. The molecule has 0 aliphatic heterocycles. The van der Waals surface area contributed by atoms with Gasteiger partial charge in [0.1, 0.15) is 6.07 Å². The molecule has 0 atom stereocenters. The number of alkyl halides is 1. The lowest BCUT2D eigenvalue weighted by molar-refractivity contribution is 0.419. The third kappa shape index (κ3) is 3.94. The van der Waals surface area contributed by atoms with Crippen molar-refractivity contribution >= 4 is 17.3 Å². The molecule has 3 heteroatoms. The highest BCUT2D eigenvalue weighted by molar-refractivity contribution is 6.17. The lowest BCUT2D eigenvalue weighted by Crippen LogP contribution is -2.29. The van der Waals surface area contributed by atoms with Gasteiger partial charge in [-0.1, -0.05) is 26.8 Å². The molecule has 0 radical (unpaired) electrons. The van der Waals surface area contributed by atoms with Gasteiger partial charge in [-0.3, -0.25) is 0 Å². The summed E-state index contributed by atoms with van der Waals surface area (Å²) in [5.41, 5.74) is 2.84. The van der Waals surface area contributed by atoms with Gasteiger partial charge in [0.05, 0.1) is 11.3 Å². The molecule has 0 aliphatic carbocycles. The lowest BCUT2D eigenvalue weighted by Gasteiger charge is -2.29. The summed E-state index contributed by atoms with van der Waals surface area (Å²) in [5.74, 6) is 0.442. The van der Waals surface area contributed by atoms with Crippen molar-refractivity contribution in [2.45, 2.75) is 26.7 Å². The molecule has 0 saturated carbocycles. The van der Waals surface area contributed by atoms with Crippen molar-refractivity contribution in [2.24, 2.45) is 5.41 Å². The van der Waals surface area contributed by atoms with Gasteiger partial charge in [0.2, 0.25) is 0 Å². The summed E-state index contributed by atoms with van der Waals surface area (Å²) in [5, 5.41) is 9.17. The number of nitriles is 1. The first-order valence-corrected chi connectivity index (χ1v) is 6.21. The van der Waals surface area contributed by atoms with Crippen LogP contribution in [0.15, 0.2) is 18.2 Å². The van der Waals surface area contributed by atoms with E-state index >= 15 is 0 Å². The Bertz CT molecular complexity index is 427. The van der Waals surface area contributed by atoms with Crippen molar-refractivity contribution in [3.63, 3.8) is 0 Å². The number of anilines is 1. The second kappa shape index (κ2) is 5.42. The molecule has 0 unspecified atom stereocenters. The number of nitrogens with zero attached hydrogens (tertiary/aromatic N) is 2. The Morgan fingerprint density at radius 1 is 1.35 bits per heavy atom. The molecule has 1 rings (SSSR count). The zero-order valence-corrected chi connectivity index (χ0v) is 11.7. The number of rotatable bonds is 3. The van der Waals surface area contributed by atoms with E-state index in [1.165, 1.54) is 0 Å². The first-order valence-electron chi connectivity index (χ1n) is 5.67. The quantitative estimate of drug-likeness (QED) is 0.764. The van der Waals surface area contributed by atoms with E-state index in [9.17, 15) is 0 Å². The molecule has 0 bridgehead atoms. The van der Waals surface area contributed by atoms with Crippen molar-refractivity contribution in [3.8, 4) is 6.07 Å². The van der Waals surface area contributed by atoms with E-state index in [2.05, 4.69) is 31.7 Å². The Morgan fingerprint density at radius 2 is 2.00 bits per heavy atom. The van der Waals surface area contributed by atoms with E-state index in [1.54, 1.807) is 0 Å². The number of hydrogen-bond donors (Lipinski definition) is 0. The van der Waals surface area contributed by atoms with Gasteiger partial charge < -0.3 is 4.90 Å². The molecule has 0 saturated heterocycles. The van der Waals surface area contributed by atoms with Crippen molar-refractivity contribution in [2.75, 3.05) is 18.5 Å².